The molecule has 2 aliphatic rings. The van der Waals surface area contributed by atoms with Crippen molar-refractivity contribution in [1.82, 2.24) is 29.9 Å². The van der Waals surface area contributed by atoms with Crippen LogP contribution < -0.4 is 0 Å². The van der Waals surface area contributed by atoms with Crippen LogP contribution in [-0.4, -0.2) is 36.4 Å². The molecule has 0 radical (unpaired) electrons. The first kappa shape index (κ1) is 14.3. The number of thiophene rings is 1. The highest BCUT2D eigenvalue weighted by molar-refractivity contribution is 7.13. The van der Waals surface area contributed by atoms with Gasteiger partial charge in [-0.2, -0.15) is 0 Å². The third kappa shape index (κ3) is 2.37. The van der Waals surface area contributed by atoms with E-state index in [2.05, 4.69) is 36.8 Å². The van der Waals surface area contributed by atoms with Crippen molar-refractivity contribution in [2.24, 2.45) is 0 Å². The Morgan fingerprint density at radius 2 is 2.12 bits per heavy atom. The summed E-state index contributed by atoms with van der Waals surface area (Å²) in [7, 11) is 0. The second-order valence-electron chi connectivity index (χ2n) is 6.47. The number of hydrogen-bond donors (Lipinski definition) is 0. The average molecular weight is 342 g/mol. The Morgan fingerprint density at radius 3 is 2.92 bits per heavy atom. The third-order valence-electron chi connectivity index (χ3n) is 4.83. The Morgan fingerprint density at radius 1 is 1.21 bits per heavy atom. The van der Waals surface area contributed by atoms with E-state index in [1.54, 1.807) is 11.3 Å². The van der Waals surface area contributed by atoms with E-state index in [-0.39, 0.29) is 6.04 Å². The number of aromatic nitrogens is 5. The normalized spacial score (nSPS) is 19.4. The molecule has 0 amide bonds. The molecule has 4 heterocycles. The number of nitrogens with zero attached hydrogens (tertiary/aromatic N) is 6. The van der Waals surface area contributed by atoms with Crippen molar-refractivity contribution in [2.75, 3.05) is 6.54 Å². The van der Waals surface area contributed by atoms with Gasteiger partial charge >= 0.3 is 0 Å². The van der Waals surface area contributed by atoms with Gasteiger partial charge in [0.1, 0.15) is 11.6 Å². The zero-order valence-corrected chi connectivity index (χ0v) is 14.2. The van der Waals surface area contributed by atoms with Crippen LogP contribution in [-0.2, 0) is 13.1 Å². The van der Waals surface area contributed by atoms with E-state index in [9.17, 15) is 0 Å². The second kappa shape index (κ2) is 5.49. The highest BCUT2D eigenvalue weighted by Crippen LogP contribution is 2.40. The summed E-state index contributed by atoms with van der Waals surface area (Å²) in [5.41, 5.74) is 0. The Labute approximate surface area is 143 Å². The summed E-state index contributed by atoms with van der Waals surface area (Å²) in [6, 6.07) is 4.05. The average Bonchev–Trinajstić information content (AvgIpc) is 3.06. The van der Waals surface area contributed by atoms with Crippen LogP contribution in [0, 0.1) is 0 Å². The maximum Gasteiger partial charge on any atom is 0.257 e. The summed E-state index contributed by atoms with van der Waals surface area (Å²) in [4.78, 5) is 3.33. The summed E-state index contributed by atoms with van der Waals surface area (Å²) in [5.74, 6) is 4.12. The summed E-state index contributed by atoms with van der Waals surface area (Å²) in [6.45, 7) is 4.77. The van der Waals surface area contributed by atoms with Crippen LogP contribution in [0.5, 0.6) is 0 Å². The van der Waals surface area contributed by atoms with Gasteiger partial charge in [0.05, 0.1) is 17.5 Å². The molecule has 1 aliphatic carbocycles. The van der Waals surface area contributed by atoms with Gasteiger partial charge in [-0.25, -0.2) is 0 Å². The summed E-state index contributed by atoms with van der Waals surface area (Å²) < 4.78 is 8.19. The molecule has 5 rings (SSSR count). The molecule has 1 atom stereocenters. The summed E-state index contributed by atoms with van der Waals surface area (Å²) in [5, 5.41) is 19.2. The van der Waals surface area contributed by atoms with Crippen LogP contribution in [0.2, 0.25) is 0 Å². The fourth-order valence-electron chi connectivity index (χ4n) is 3.23. The molecule has 3 aromatic rings. The molecule has 0 bridgehead atoms. The molecule has 1 saturated carbocycles. The SMILES string of the molecule is C[C@@H](c1nnc(-c2cccs2)o1)N1CCn2c(nnc2C2CC2)C1. The monoisotopic (exact) mass is 342 g/mol. The molecule has 0 N–H and O–H groups in total. The fraction of sp³-hybridized carbons (Fsp3) is 0.500. The lowest BCUT2D eigenvalue weighted by Gasteiger charge is -2.30. The number of fused-ring (bicyclic) bond motifs is 1. The quantitative estimate of drug-likeness (QED) is 0.726. The van der Waals surface area contributed by atoms with Crippen molar-refractivity contribution in [2.45, 2.75) is 44.8 Å². The predicted molar refractivity (Wildman–Crippen MR) is 88.4 cm³/mol. The minimum atomic E-state index is 0.0704. The van der Waals surface area contributed by atoms with Gasteiger partial charge < -0.3 is 8.98 Å². The van der Waals surface area contributed by atoms with Crippen molar-refractivity contribution in [3.63, 3.8) is 0 Å². The van der Waals surface area contributed by atoms with E-state index < -0.39 is 0 Å². The highest BCUT2D eigenvalue weighted by Gasteiger charge is 2.33. The Balaban J connectivity index is 1.35. The second-order valence-corrected chi connectivity index (χ2v) is 7.42. The molecule has 0 aromatic carbocycles. The molecule has 1 aliphatic heterocycles. The van der Waals surface area contributed by atoms with Crippen LogP contribution in [0.1, 0.15) is 49.3 Å². The van der Waals surface area contributed by atoms with E-state index in [0.717, 1.165) is 30.3 Å². The zero-order chi connectivity index (χ0) is 16.1. The molecule has 0 spiro atoms. The first-order valence-electron chi connectivity index (χ1n) is 8.33. The Hall–Kier alpha value is -2.06. The minimum absolute atomic E-state index is 0.0704. The van der Waals surface area contributed by atoms with Crippen molar-refractivity contribution in [1.29, 1.82) is 0 Å². The molecule has 124 valence electrons. The van der Waals surface area contributed by atoms with Gasteiger partial charge in [0.15, 0.2) is 0 Å². The Bertz CT molecular complexity index is 850. The van der Waals surface area contributed by atoms with Crippen LogP contribution in [0.15, 0.2) is 21.9 Å². The van der Waals surface area contributed by atoms with Crippen LogP contribution in [0.4, 0.5) is 0 Å². The first-order valence-corrected chi connectivity index (χ1v) is 9.21. The number of hydrogen-bond acceptors (Lipinski definition) is 7. The Kier molecular flexibility index (Phi) is 3.27. The standard InChI is InChI=1S/C16H18N6OS/c1-10(15-19-20-16(23-15)12-3-2-8-24-12)21-6-7-22-13(9-21)17-18-14(22)11-4-5-11/h2-3,8,10-11H,4-7,9H2,1H3/t10-/m0/s1. The van der Waals surface area contributed by atoms with Crippen molar-refractivity contribution in [3.05, 3.63) is 35.1 Å². The lowest BCUT2D eigenvalue weighted by Crippen LogP contribution is -2.36. The van der Waals surface area contributed by atoms with E-state index in [1.807, 2.05) is 17.5 Å². The van der Waals surface area contributed by atoms with Crippen LogP contribution in [0.3, 0.4) is 0 Å². The molecule has 0 unspecified atom stereocenters. The summed E-state index contributed by atoms with van der Waals surface area (Å²) >= 11 is 1.61. The van der Waals surface area contributed by atoms with Crippen LogP contribution >= 0.6 is 11.3 Å². The van der Waals surface area contributed by atoms with Crippen molar-refractivity contribution in [3.8, 4) is 10.8 Å². The first-order chi connectivity index (χ1) is 11.8. The van der Waals surface area contributed by atoms with Gasteiger partial charge in [-0.1, -0.05) is 6.07 Å². The minimum Gasteiger partial charge on any atom is -0.418 e. The molecule has 24 heavy (non-hydrogen) atoms. The maximum absolute atomic E-state index is 5.89. The lowest BCUT2D eigenvalue weighted by atomic mass is 10.2. The molecule has 0 saturated heterocycles. The van der Waals surface area contributed by atoms with E-state index in [1.165, 1.54) is 18.7 Å². The van der Waals surface area contributed by atoms with Gasteiger partial charge in [0.2, 0.25) is 5.89 Å². The zero-order valence-electron chi connectivity index (χ0n) is 13.4. The van der Waals surface area contributed by atoms with Crippen molar-refractivity contribution < 1.29 is 4.42 Å². The predicted octanol–water partition coefficient (Wildman–Crippen LogP) is 2.84. The summed E-state index contributed by atoms with van der Waals surface area (Å²) in [6.07, 6.45) is 2.51. The smallest absolute Gasteiger partial charge is 0.257 e. The van der Waals surface area contributed by atoms with Gasteiger partial charge in [-0.3, -0.25) is 4.90 Å². The van der Waals surface area contributed by atoms with E-state index in [0.29, 0.717) is 17.7 Å². The lowest BCUT2D eigenvalue weighted by molar-refractivity contribution is 0.142. The fourth-order valence-corrected chi connectivity index (χ4v) is 3.88. The molecule has 3 aromatic heterocycles. The topological polar surface area (TPSA) is 72.9 Å². The van der Waals surface area contributed by atoms with E-state index >= 15 is 0 Å². The van der Waals surface area contributed by atoms with Gasteiger partial charge in [0, 0.05) is 19.0 Å². The third-order valence-corrected chi connectivity index (χ3v) is 5.69. The van der Waals surface area contributed by atoms with E-state index in [4.69, 9.17) is 4.42 Å². The van der Waals surface area contributed by atoms with Gasteiger partial charge in [0.25, 0.3) is 5.89 Å². The molecular formula is C16H18N6OS. The van der Waals surface area contributed by atoms with Crippen LogP contribution in [0.25, 0.3) is 10.8 Å². The largest absolute Gasteiger partial charge is 0.418 e. The molecule has 1 fully saturated rings. The van der Waals surface area contributed by atoms with Gasteiger partial charge in [-0.05, 0) is 31.2 Å². The molecule has 8 heteroatoms. The maximum atomic E-state index is 5.89. The van der Waals surface area contributed by atoms with Crippen molar-refractivity contribution >= 4 is 11.3 Å². The number of rotatable bonds is 4. The highest BCUT2D eigenvalue weighted by atomic mass is 32.1. The van der Waals surface area contributed by atoms with Gasteiger partial charge in [-0.15, -0.1) is 31.7 Å². The molecule has 7 nitrogen and oxygen atoms in total. The molecular weight excluding hydrogens is 324 g/mol.